The molecule has 2 saturated heterocycles. The van der Waals surface area contributed by atoms with E-state index in [1.165, 1.54) is 22.5 Å². The first kappa shape index (κ1) is 26.3. The second kappa shape index (κ2) is 10.9. The summed E-state index contributed by atoms with van der Waals surface area (Å²) in [5.41, 5.74) is 7.38. The van der Waals surface area contributed by atoms with Crippen LogP contribution in [0.4, 0.5) is 16.2 Å². The second-order valence-electron chi connectivity index (χ2n) is 9.66. The number of nitrogens with zero attached hydrogens (tertiary/aromatic N) is 7. The Balaban J connectivity index is 1.16. The van der Waals surface area contributed by atoms with Gasteiger partial charge in [-0.3, -0.25) is 4.90 Å². The number of nitrogens with two attached hydrogens (primary N) is 1. The molecule has 0 saturated carbocycles. The molecule has 0 amide bonds. The number of sulfonamides is 1. The summed E-state index contributed by atoms with van der Waals surface area (Å²) < 4.78 is 47.1. The summed E-state index contributed by atoms with van der Waals surface area (Å²) in [5.74, 6) is 0.958. The van der Waals surface area contributed by atoms with E-state index in [1.807, 2.05) is 0 Å². The first-order valence-corrected chi connectivity index (χ1v) is 15.2. The summed E-state index contributed by atoms with van der Waals surface area (Å²) in [6.07, 6.45) is 4.06. The highest BCUT2D eigenvalue weighted by Crippen LogP contribution is 2.43. The summed E-state index contributed by atoms with van der Waals surface area (Å²) >= 11 is 1.78. The monoisotopic (exact) mass is 572 g/mol. The van der Waals surface area contributed by atoms with E-state index in [2.05, 4.69) is 19.8 Å². The third kappa shape index (κ3) is 5.43. The van der Waals surface area contributed by atoms with Crippen molar-refractivity contribution in [3.63, 3.8) is 0 Å². The zero-order valence-corrected chi connectivity index (χ0v) is 22.9. The molecule has 2 aromatic heterocycles. The molecule has 1 unspecified atom stereocenters. The van der Waals surface area contributed by atoms with Gasteiger partial charge in [0.2, 0.25) is 16.0 Å². The van der Waals surface area contributed by atoms with Gasteiger partial charge in [-0.1, -0.05) is 12.1 Å². The molecule has 39 heavy (non-hydrogen) atoms. The average Bonchev–Trinajstić information content (AvgIpc) is 3.36. The molecule has 3 aliphatic heterocycles. The minimum absolute atomic E-state index is 0.200. The van der Waals surface area contributed by atoms with Crippen LogP contribution in [0, 0.1) is 5.82 Å². The van der Waals surface area contributed by atoms with E-state index < -0.39 is 15.8 Å². The van der Waals surface area contributed by atoms with Crippen molar-refractivity contribution in [2.75, 3.05) is 69.7 Å². The fourth-order valence-electron chi connectivity index (χ4n) is 5.07. The van der Waals surface area contributed by atoms with Gasteiger partial charge in [0.05, 0.1) is 29.4 Å². The van der Waals surface area contributed by atoms with Crippen LogP contribution < -0.4 is 10.6 Å². The number of benzene rings is 1. The Morgan fingerprint density at radius 1 is 1.03 bits per heavy atom. The molecule has 2 fully saturated rings. The predicted octanol–water partition coefficient (Wildman–Crippen LogP) is 1.51. The SMILES string of the molecule is Nc1ncc(-c2nc3c(c(N4CCOCC4)n2)SC(CN2CCN(S(=O)(=O)c4ccccc4F)CC2)C3)cn1. The molecule has 14 heteroatoms. The topological polar surface area (TPSA) is 131 Å². The van der Waals surface area contributed by atoms with Gasteiger partial charge in [0.25, 0.3) is 0 Å². The summed E-state index contributed by atoms with van der Waals surface area (Å²) in [6.45, 7) is 5.39. The molecule has 1 aromatic carbocycles. The van der Waals surface area contributed by atoms with Crippen molar-refractivity contribution in [1.29, 1.82) is 0 Å². The number of nitrogen functional groups attached to an aromatic ring is 1. The Hall–Kier alpha value is -2.91. The molecule has 0 aliphatic carbocycles. The van der Waals surface area contributed by atoms with Crippen LogP contribution in [-0.4, -0.2) is 102 Å². The van der Waals surface area contributed by atoms with Gasteiger partial charge in [-0.2, -0.15) is 4.31 Å². The van der Waals surface area contributed by atoms with Crippen molar-refractivity contribution < 1.29 is 17.5 Å². The molecule has 0 spiro atoms. The predicted molar refractivity (Wildman–Crippen MR) is 145 cm³/mol. The van der Waals surface area contributed by atoms with Crippen molar-refractivity contribution in [3.05, 3.63) is 48.2 Å². The van der Waals surface area contributed by atoms with Crippen LogP contribution in [0.15, 0.2) is 46.5 Å². The Labute approximate surface area is 230 Å². The molecule has 206 valence electrons. The zero-order valence-electron chi connectivity index (χ0n) is 21.2. The molecule has 1 atom stereocenters. The molecule has 6 rings (SSSR count). The van der Waals surface area contributed by atoms with Gasteiger partial charge in [0.1, 0.15) is 16.5 Å². The number of hydrogen-bond acceptors (Lipinski definition) is 11. The molecule has 0 bridgehead atoms. The number of morpholine rings is 1. The van der Waals surface area contributed by atoms with Gasteiger partial charge in [-0.25, -0.2) is 32.7 Å². The van der Waals surface area contributed by atoms with Crippen LogP contribution >= 0.6 is 11.8 Å². The smallest absolute Gasteiger partial charge is 0.246 e. The van der Waals surface area contributed by atoms with Crippen LogP contribution in [0.5, 0.6) is 0 Å². The number of rotatable bonds is 6. The van der Waals surface area contributed by atoms with E-state index >= 15 is 0 Å². The molecular formula is C25H29FN8O3S2. The van der Waals surface area contributed by atoms with E-state index in [1.54, 1.807) is 30.2 Å². The quantitative estimate of drug-likeness (QED) is 0.461. The van der Waals surface area contributed by atoms with Gasteiger partial charge in [0.15, 0.2) is 5.82 Å². The molecule has 0 radical (unpaired) electrons. The van der Waals surface area contributed by atoms with Crippen LogP contribution in [-0.2, 0) is 21.2 Å². The fraction of sp³-hybridized carbons (Fsp3) is 0.440. The maximum atomic E-state index is 14.2. The van der Waals surface area contributed by atoms with Crippen molar-refractivity contribution in [3.8, 4) is 11.4 Å². The highest BCUT2D eigenvalue weighted by atomic mass is 32.2. The lowest BCUT2D eigenvalue weighted by atomic mass is 10.2. The normalized spacial score (nSPS) is 20.7. The molecule has 3 aliphatic rings. The van der Waals surface area contributed by atoms with Crippen molar-refractivity contribution in [2.45, 2.75) is 21.5 Å². The average molecular weight is 573 g/mol. The molecule has 2 N–H and O–H groups in total. The summed E-state index contributed by atoms with van der Waals surface area (Å²) in [6, 6.07) is 5.53. The minimum Gasteiger partial charge on any atom is -0.378 e. The standard InChI is InChI=1S/C25H29FN8O3S2/c26-19-3-1-2-4-21(19)39(35,36)34-7-5-32(6-8-34)16-18-13-20-22(38-18)24(33-9-11-37-12-10-33)31-23(30-20)17-14-28-25(27)29-15-17/h1-4,14-15,18H,5-13,16H2,(H2,27,28,29). The number of anilines is 2. The third-order valence-corrected chi connectivity index (χ3v) is 10.3. The number of hydrogen-bond donors (Lipinski definition) is 1. The lowest BCUT2D eigenvalue weighted by Gasteiger charge is -2.35. The van der Waals surface area contributed by atoms with Crippen LogP contribution in [0.3, 0.4) is 0 Å². The first-order chi connectivity index (χ1) is 18.9. The number of ether oxygens (including phenoxy) is 1. The minimum atomic E-state index is -3.86. The first-order valence-electron chi connectivity index (χ1n) is 12.8. The Kier molecular flexibility index (Phi) is 7.37. The Morgan fingerprint density at radius 2 is 1.74 bits per heavy atom. The second-order valence-corrected chi connectivity index (χ2v) is 12.9. The fourth-order valence-corrected chi connectivity index (χ4v) is 7.97. The van der Waals surface area contributed by atoms with Gasteiger partial charge in [-0.05, 0) is 12.1 Å². The van der Waals surface area contributed by atoms with Crippen LogP contribution in [0.2, 0.25) is 0 Å². The van der Waals surface area contributed by atoms with Crippen molar-refractivity contribution in [2.24, 2.45) is 0 Å². The molecular weight excluding hydrogens is 543 g/mol. The molecule has 5 heterocycles. The van der Waals surface area contributed by atoms with Crippen LogP contribution in [0.25, 0.3) is 11.4 Å². The summed E-state index contributed by atoms with van der Waals surface area (Å²) in [4.78, 5) is 23.4. The van der Waals surface area contributed by atoms with E-state index in [-0.39, 0.29) is 16.1 Å². The Bertz CT molecular complexity index is 1450. The zero-order chi connectivity index (χ0) is 27.0. The number of halogens is 1. The maximum Gasteiger partial charge on any atom is 0.246 e. The molecule has 3 aromatic rings. The third-order valence-electron chi connectivity index (χ3n) is 7.11. The maximum absolute atomic E-state index is 14.2. The van der Waals surface area contributed by atoms with E-state index in [4.69, 9.17) is 20.4 Å². The number of thioether (sulfide) groups is 1. The highest BCUT2D eigenvalue weighted by molar-refractivity contribution is 8.00. The number of fused-ring (bicyclic) bond motifs is 1. The van der Waals surface area contributed by atoms with Crippen molar-refractivity contribution >= 4 is 33.6 Å². The van der Waals surface area contributed by atoms with Gasteiger partial charge < -0.3 is 15.4 Å². The Morgan fingerprint density at radius 3 is 2.46 bits per heavy atom. The number of piperazine rings is 1. The van der Waals surface area contributed by atoms with Gasteiger partial charge >= 0.3 is 0 Å². The van der Waals surface area contributed by atoms with Gasteiger partial charge in [0, 0.05) is 69.9 Å². The van der Waals surface area contributed by atoms with E-state index in [0.717, 1.165) is 42.5 Å². The van der Waals surface area contributed by atoms with E-state index in [9.17, 15) is 12.8 Å². The summed E-state index contributed by atoms with van der Waals surface area (Å²) in [7, 11) is -3.86. The van der Waals surface area contributed by atoms with E-state index in [0.29, 0.717) is 50.8 Å². The van der Waals surface area contributed by atoms with Crippen molar-refractivity contribution in [1.82, 2.24) is 29.1 Å². The van der Waals surface area contributed by atoms with Crippen LogP contribution in [0.1, 0.15) is 5.69 Å². The largest absolute Gasteiger partial charge is 0.378 e. The lowest BCUT2D eigenvalue weighted by Crippen LogP contribution is -2.50. The lowest BCUT2D eigenvalue weighted by molar-refractivity contribution is 0.122. The van der Waals surface area contributed by atoms with Gasteiger partial charge in [-0.15, -0.1) is 11.8 Å². The highest BCUT2D eigenvalue weighted by Gasteiger charge is 2.35. The number of aromatic nitrogens is 4. The summed E-state index contributed by atoms with van der Waals surface area (Å²) in [5, 5.41) is 0.252. The molecule has 11 nitrogen and oxygen atoms in total.